The van der Waals surface area contributed by atoms with E-state index in [4.69, 9.17) is 9.47 Å². The summed E-state index contributed by atoms with van der Waals surface area (Å²) in [7, 11) is 0. The number of carbonyl (C=O) groups is 3. The number of hydrogen-bond acceptors (Lipinski definition) is 6. The first-order chi connectivity index (χ1) is 21.2. The fourth-order valence-electron chi connectivity index (χ4n) is 5.64. The minimum absolute atomic E-state index is 0.128. The van der Waals surface area contributed by atoms with Gasteiger partial charge in [0.15, 0.2) is 6.61 Å². The van der Waals surface area contributed by atoms with Crippen molar-refractivity contribution in [3.8, 4) is 17.2 Å². The van der Waals surface area contributed by atoms with Gasteiger partial charge in [0.1, 0.15) is 17.6 Å². The second-order valence-electron chi connectivity index (χ2n) is 11.4. The lowest BCUT2D eigenvalue weighted by Gasteiger charge is -2.39. The van der Waals surface area contributed by atoms with Crippen molar-refractivity contribution in [1.29, 1.82) is 0 Å². The van der Waals surface area contributed by atoms with Crippen molar-refractivity contribution in [3.05, 3.63) is 106 Å². The summed E-state index contributed by atoms with van der Waals surface area (Å²) in [5.41, 5.74) is 5.35. The number of benzene rings is 3. The maximum Gasteiger partial charge on any atom is 0.258 e. The second kappa shape index (κ2) is 12.2. The summed E-state index contributed by atoms with van der Waals surface area (Å²) in [5, 5.41) is 10.5. The summed E-state index contributed by atoms with van der Waals surface area (Å²) < 4.78 is 14.0. The van der Waals surface area contributed by atoms with Crippen molar-refractivity contribution in [2.24, 2.45) is 0 Å². The molecule has 1 fully saturated rings. The molecule has 0 unspecified atom stereocenters. The minimum atomic E-state index is -0.483. The third-order valence-corrected chi connectivity index (χ3v) is 8.01. The number of likely N-dealkylation sites (tertiary alicyclic amines) is 1. The largest absolute Gasteiger partial charge is 0.488 e. The number of nitrogens with one attached hydrogen (secondary N) is 2. The minimum Gasteiger partial charge on any atom is -0.488 e. The van der Waals surface area contributed by atoms with Crippen LogP contribution in [-0.2, 0) is 11.3 Å². The van der Waals surface area contributed by atoms with E-state index in [0.717, 1.165) is 28.2 Å². The SMILES string of the molecule is Cc1cc(C)n(-c2cccc(C(=O)N3CC[C@@H]4Oc5ccc(cc5)CNC(=O)COc5cc(ccc5C)C(=O)N[C@H]4C3)c2)n1. The standard InChI is InChI=1S/C34H35N5O5/c1-21-7-10-25-17-31(21)43-20-32(40)35-18-24-8-11-28(12-9-24)44-30-13-14-38(19-29(30)36-33(25)41)34(42)26-5-4-6-27(16-26)39-23(3)15-22(2)37-39/h4-12,15-17,29-30H,13-14,18-20H2,1-3H3,(H,35,40)(H,36,41)/t29-,30-/m0/s1. The van der Waals surface area contributed by atoms with E-state index in [1.165, 1.54) is 0 Å². The Hall–Kier alpha value is -5.12. The van der Waals surface area contributed by atoms with Crippen LogP contribution in [0.3, 0.4) is 0 Å². The lowest BCUT2D eigenvalue weighted by atomic mass is 9.99. The van der Waals surface area contributed by atoms with Gasteiger partial charge in [-0.25, -0.2) is 4.68 Å². The smallest absolute Gasteiger partial charge is 0.258 e. The van der Waals surface area contributed by atoms with E-state index >= 15 is 0 Å². The number of nitrogens with zero attached hydrogens (tertiary/aromatic N) is 3. The van der Waals surface area contributed by atoms with Crippen LogP contribution >= 0.6 is 0 Å². The predicted octanol–water partition coefficient (Wildman–Crippen LogP) is 3.90. The number of ether oxygens (including phenoxy) is 2. The van der Waals surface area contributed by atoms with Crippen molar-refractivity contribution in [2.45, 2.75) is 45.9 Å². The first-order valence-electron chi connectivity index (χ1n) is 14.7. The quantitative estimate of drug-likeness (QED) is 0.365. The highest BCUT2D eigenvalue weighted by Crippen LogP contribution is 2.24. The Bertz CT molecular complexity index is 1710. The van der Waals surface area contributed by atoms with Crippen LogP contribution in [0.15, 0.2) is 72.8 Å². The number of rotatable bonds is 2. The summed E-state index contributed by atoms with van der Waals surface area (Å²) in [6.07, 6.45) is 0.153. The third-order valence-electron chi connectivity index (χ3n) is 8.01. The molecule has 4 aromatic rings. The first kappa shape index (κ1) is 29.0. The van der Waals surface area contributed by atoms with Gasteiger partial charge in [0.05, 0.1) is 17.4 Å². The van der Waals surface area contributed by atoms with Gasteiger partial charge in [-0.15, -0.1) is 0 Å². The highest BCUT2D eigenvalue weighted by atomic mass is 16.5. The number of carbonyl (C=O) groups excluding carboxylic acids is 3. The average molecular weight is 594 g/mol. The van der Waals surface area contributed by atoms with Gasteiger partial charge in [-0.05, 0) is 80.4 Å². The van der Waals surface area contributed by atoms with Crippen LogP contribution in [0.4, 0.5) is 0 Å². The Morgan fingerprint density at radius 1 is 0.977 bits per heavy atom. The molecule has 1 aromatic heterocycles. The average Bonchev–Trinajstić information content (AvgIpc) is 3.37. The molecule has 10 heteroatoms. The van der Waals surface area contributed by atoms with Gasteiger partial charge >= 0.3 is 0 Å². The molecular weight excluding hydrogens is 558 g/mol. The van der Waals surface area contributed by atoms with E-state index in [0.29, 0.717) is 42.1 Å². The number of aryl methyl sites for hydroxylation is 3. The molecule has 2 atom stereocenters. The summed E-state index contributed by atoms with van der Waals surface area (Å²) in [6, 6.07) is 21.6. The molecule has 0 radical (unpaired) electrons. The number of aromatic nitrogens is 2. The Balaban J connectivity index is 1.27. The molecule has 1 saturated heterocycles. The van der Waals surface area contributed by atoms with Crippen LogP contribution in [0.5, 0.6) is 11.5 Å². The Morgan fingerprint density at radius 3 is 2.57 bits per heavy atom. The number of amides is 3. The molecule has 44 heavy (non-hydrogen) atoms. The fourth-order valence-corrected chi connectivity index (χ4v) is 5.64. The molecule has 10 nitrogen and oxygen atoms in total. The molecule has 3 aromatic carbocycles. The molecule has 0 aliphatic carbocycles. The Labute approximate surface area is 256 Å². The van der Waals surface area contributed by atoms with Crippen LogP contribution in [0.2, 0.25) is 0 Å². The van der Waals surface area contributed by atoms with Crippen LogP contribution in [0.1, 0.15) is 49.7 Å². The van der Waals surface area contributed by atoms with Crippen molar-refractivity contribution in [1.82, 2.24) is 25.3 Å². The molecule has 226 valence electrons. The van der Waals surface area contributed by atoms with Gasteiger partial charge in [0, 0.05) is 42.9 Å². The maximum atomic E-state index is 13.8. The van der Waals surface area contributed by atoms with Crippen molar-refractivity contribution < 1.29 is 23.9 Å². The van der Waals surface area contributed by atoms with E-state index in [1.807, 2.05) is 74.0 Å². The van der Waals surface area contributed by atoms with Gasteiger partial charge in [-0.3, -0.25) is 14.4 Å². The molecule has 3 aliphatic rings. The van der Waals surface area contributed by atoms with E-state index in [1.54, 1.807) is 29.2 Å². The molecule has 3 aliphatic heterocycles. The summed E-state index contributed by atoms with van der Waals surface area (Å²) in [5.74, 6) is 0.388. The van der Waals surface area contributed by atoms with Crippen LogP contribution < -0.4 is 20.1 Å². The monoisotopic (exact) mass is 593 g/mol. The molecule has 4 heterocycles. The lowest BCUT2D eigenvalue weighted by molar-refractivity contribution is -0.123. The third kappa shape index (κ3) is 6.29. The van der Waals surface area contributed by atoms with E-state index < -0.39 is 6.04 Å². The normalized spacial score (nSPS) is 18.8. The molecule has 7 rings (SSSR count). The van der Waals surface area contributed by atoms with Crippen molar-refractivity contribution >= 4 is 17.7 Å². The zero-order valence-electron chi connectivity index (χ0n) is 25.0. The number of piperidine rings is 1. The molecule has 4 bridgehead atoms. The zero-order valence-corrected chi connectivity index (χ0v) is 25.0. The summed E-state index contributed by atoms with van der Waals surface area (Å²) >= 11 is 0. The van der Waals surface area contributed by atoms with Crippen LogP contribution in [0, 0.1) is 20.8 Å². The topological polar surface area (TPSA) is 115 Å². The summed E-state index contributed by atoms with van der Waals surface area (Å²) in [6.45, 7) is 6.69. The van der Waals surface area contributed by atoms with E-state index in [9.17, 15) is 14.4 Å². The fraction of sp³-hybridized carbons (Fsp3) is 0.294. The van der Waals surface area contributed by atoms with Gasteiger partial charge in [-0.1, -0.05) is 24.3 Å². The van der Waals surface area contributed by atoms with Crippen LogP contribution in [0.25, 0.3) is 5.69 Å². The highest BCUT2D eigenvalue weighted by molar-refractivity contribution is 5.96. The highest BCUT2D eigenvalue weighted by Gasteiger charge is 2.35. The zero-order chi connectivity index (χ0) is 30.8. The van der Waals surface area contributed by atoms with E-state index in [-0.39, 0.29) is 37.0 Å². The lowest BCUT2D eigenvalue weighted by Crippen LogP contribution is -2.58. The number of fused-ring (bicyclic) bond motifs is 7. The molecular formula is C34H35N5O5. The van der Waals surface area contributed by atoms with Gasteiger partial charge in [0.25, 0.3) is 17.7 Å². The van der Waals surface area contributed by atoms with Crippen molar-refractivity contribution in [2.75, 3.05) is 19.7 Å². The van der Waals surface area contributed by atoms with Gasteiger partial charge in [0.2, 0.25) is 0 Å². The Morgan fingerprint density at radius 2 is 1.80 bits per heavy atom. The number of hydrogen-bond donors (Lipinski definition) is 2. The van der Waals surface area contributed by atoms with Gasteiger partial charge < -0.3 is 25.0 Å². The molecule has 3 amide bonds. The molecule has 2 N–H and O–H groups in total. The molecule has 0 spiro atoms. The predicted molar refractivity (Wildman–Crippen MR) is 164 cm³/mol. The Kier molecular flexibility index (Phi) is 8.06. The van der Waals surface area contributed by atoms with Crippen LogP contribution in [-0.4, -0.2) is 64.2 Å². The van der Waals surface area contributed by atoms with Crippen molar-refractivity contribution in [3.63, 3.8) is 0 Å². The first-order valence-corrected chi connectivity index (χ1v) is 14.7. The maximum absolute atomic E-state index is 13.8. The summed E-state index contributed by atoms with van der Waals surface area (Å²) in [4.78, 5) is 41.5. The second-order valence-corrected chi connectivity index (χ2v) is 11.4. The van der Waals surface area contributed by atoms with E-state index in [2.05, 4.69) is 15.7 Å². The molecule has 0 saturated carbocycles. The van der Waals surface area contributed by atoms with Gasteiger partial charge in [-0.2, -0.15) is 5.10 Å².